The van der Waals surface area contributed by atoms with Crippen LogP contribution in [0.15, 0.2) is 0 Å². The van der Waals surface area contributed by atoms with Crippen LogP contribution in [0, 0.1) is 0 Å². The molecule has 0 aliphatic rings. The molecular weight excluding hydrogens is 1390 g/mol. The molecule has 270 valence electrons. The summed E-state index contributed by atoms with van der Waals surface area (Å²) in [5, 5.41) is 0. The van der Waals surface area contributed by atoms with E-state index in [4.69, 9.17) is 0 Å². The predicted molar refractivity (Wildman–Crippen MR) is 374 cm³/mol. The Morgan fingerprint density at radius 3 is 0.556 bits per heavy atom. The van der Waals surface area contributed by atoms with Gasteiger partial charge in [-0.3, -0.25) is 0 Å². The van der Waals surface area contributed by atoms with Gasteiger partial charge in [0, 0.05) is 0 Å². The lowest BCUT2D eigenvalue weighted by atomic mass is 28.4. The highest BCUT2D eigenvalue weighted by Crippen LogP contribution is 3.44. The van der Waals surface area contributed by atoms with Crippen LogP contribution in [-0.2, 0) is 0 Å². The van der Waals surface area contributed by atoms with Crippen LogP contribution in [-0.4, -0.2) is 0 Å². The summed E-state index contributed by atoms with van der Waals surface area (Å²) >= 11 is 0. The third kappa shape index (κ3) is 23.2. The molecule has 0 aromatic heterocycles. The summed E-state index contributed by atoms with van der Waals surface area (Å²) in [6, 6.07) is 0. The van der Waals surface area contributed by atoms with Gasteiger partial charge in [-0.15, -0.1) is 187 Å². The van der Waals surface area contributed by atoms with Crippen molar-refractivity contribution in [2.24, 2.45) is 0 Å². The molecule has 25 unspecified atom stereocenters. The maximum Gasteiger partial charge on any atom is -0.0000358 e. The second-order valence-corrected chi connectivity index (χ2v) is 188. The maximum atomic E-state index is 4.44. The summed E-state index contributed by atoms with van der Waals surface area (Å²) in [6.45, 7) is -3.09. The molecule has 0 bridgehead atoms. The average Bonchev–Trinajstić information content (AvgIpc) is 2.81. The predicted octanol–water partition coefficient (Wildman–Crippen LogP) is 26.7. The van der Waals surface area contributed by atoms with Crippen molar-refractivity contribution >= 4 is 360 Å². The highest BCUT2D eigenvalue weighted by Gasteiger charge is 2.57. The SMILES string of the molecule is [PH]PP(P([PH])P)P(P(P(P)P)P(P)P)P(P(P(P(P)P)P(P)P)P(P(P)P)P(P)P)P(P(P(P)P)P(P)P)P(P(P)P)P(P)P. The minimum absolute atomic E-state index is 0.0995. The van der Waals surface area contributed by atoms with Crippen molar-refractivity contribution in [3.8, 4) is 0 Å². The van der Waals surface area contributed by atoms with Gasteiger partial charge in [0.05, 0.1) is 0 Å². The zero-order valence-electron chi connectivity index (χ0n) is 23.0. The van der Waals surface area contributed by atoms with Crippen LogP contribution in [0.5, 0.6) is 0 Å². The van der Waals surface area contributed by atoms with Gasteiger partial charge in [0.15, 0.2) is 0 Å². The van der Waals surface area contributed by atoms with E-state index >= 15 is 0 Å². The molecule has 0 aliphatic carbocycles. The molecule has 0 N–H and O–H groups in total. The fourth-order valence-corrected chi connectivity index (χ4v) is 625. The van der Waals surface area contributed by atoms with Crippen LogP contribution in [0.2, 0.25) is 0 Å². The van der Waals surface area contributed by atoms with E-state index in [1.807, 2.05) is 0 Å². The summed E-state index contributed by atoms with van der Waals surface area (Å²) < 4.78 is 0. The topological polar surface area (TPSA) is 0 Å². The van der Waals surface area contributed by atoms with Crippen LogP contribution >= 0.6 is 360 Å². The lowest BCUT2D eigenvalue weighted by molar-refractivity contribution is 4.36. The Balaban J connectivity index is 8.98. The normalized spacial score (nSPS) is 15.9. The largest absolute Gasteiger partial charge is 0.102 e. The maximum absolute atomic E-state index is 4.44. The van der Waals surface area contributed by atoms with Gasteiger partial charge in [-0.05, 0) is 147 Å². The molecule has 0 nitrogen and oxygen atoms in total. The molecule has 45 heavy (non-hydrogen) atoms. The number of hydrogen-bond donors (Lipinski definition) is 0. The molecular formula is H45P45. The Morgan fingerprint density at radius 2 is 0.422 bits per heavy atom. The molecule has 0 rings (SSSR count). The lowest BCUT2D eigenvalue weighted by Gasteiger charge is -2.57. The van der Waals surface area contributed by atoms with Gasteiger partial charge in [-0.2, -0.15) is 0 Å². The van der Waals surface area contributed by atoms with Crippen LogP contribution in [0.25, 0.3) is 0 Å². The molecule has 0 heterocycles. The van der Waals surface area contributed by atoms with Gasteiger partial charge in [-0.1, -0.05) is 25.8 Å². The molecule has 0 aliphatic heterocycles. The van der Waals surface area contributed by atoms with Crippen molar-refractivity contribution in [3.63, 3.8) is 0 Å². The summed E-state index contributed by atoms with van der Waals surface area (Å²) in [5.74, 6) is 0. The second kappa shape index (κ2) is 35.4. The van der Waals surface area contributed by atoms with E-state index in [-0.39, 0.29) is 147 Å². The van der Waals surface area contributed by atoms with Crippen LogP contribution in [0.3, 0.4) is 0 Å². The van der Waals surface area contributed by atoms with Gasteiger partial charge in [-0.25, -0.2) is 0 Å². The molecule has 2 radical (unpaired) electrons. The number of rotatable bonds is 21. The summed E-state index contributed by atoms with van der Waals surface area (Å²) in [5.41, 5.74) is 0. The van der Waals surface area contributed by atoms with Crippen molar-refractivity contribution in [1.82, 2.24) is 0 Å². The molecule has 0 amide bonds. The average molecular weight is 1440 g/mol. The Hall–Kier alpha value is 19.3. The van der Waals surface area contributed by atoms with E-state index in [0.717, 1.165) is 7.96 Å². The zero-order valence-corrected chi connectivity index (χ0v) is 69.0. The molecule has 0 spiro atoms. The minimum atomic E-state index is -0.263. The standard InChI is InChI=1S/H45P45/c1-24-36(25(2)3)42(37(26(4)5)27(6)7)45(43(38(28(8)9)29(10)11)39(30(12)13)31(14)15)44(40(32(16)17)33(18)19)41(34(20)21)35(22)23/h1-2,24H,3-23H2. The van der Waals surface area contributed by atoms with Crippen molar-refractivity contribution in [1.29, 1.82) is 0 Å². The minimum Gasteiger partial charge on any atom is -0.102 e. The van der Waals surface area contributed by atoms with E-state index in [1.165, 1.54) is 0 Å². The van der Waals surface area contributed by atoms with Crippen molar-refractivity contribution < 1.29 is 0 Å². The van der Waals surface area contributed by atoms with E-state index in [0.29, 0.717) is 0 Å². The van der Waals surface area contributed by atoms with Crippen molar-refractivity contribution in [2.75, 3.05) is 0 Å². The van der Waals surface area contributed by atoms with Gasteiger partial charge in [0.1, 0.15) is 0 Å². The molecule has 0 fully saturated rings. The first-order chi connectivity index (χ1) is 20.5. The van der Waals surface area contributed by atoms with Crippen molar-refractivity contribution in [2.45, 2.75) is 0 Å². The third-order valence-corrected chi connectivity index (χ3v) is 309. The molecule has 0 aromatic rings. The zero-order chi connectivity index (χ0) is 35.8. The van der Waals surface area contributed by atoms with Crippen molar-refractivity contribution in [3.05, 3.63) is 0 Å². The summed E-state index contributed by atoms with van der Waals surface area (Å²) in [7, 11) is 81.6. The Bertz CT molecular complexity index is 622. The van der Waals surface area contributed by atoms with Crippen LogP contribution in [0.4, 0.5) is 0 Å². The monoisotopic (exact) mass is 1440 g/mol. The first-order valence-corrected chi connectivity index (χ1v) is 91.1. The summed E-state index contributed by atoms with van der Waals surface area (Å²) in [6.07, 6.45) is 0. The Labute approximate surface area is 355 Å². The van der Waals surface area contributed by atoms with Gasteiger partial charge < -0.3 is 0 Å². The highest BCUT2D eigenvalue weighted by atomic mass is 33.6. The molecule has 25 atom stereocenters. The Kier molecular flexibility index (Phi) is 50.7. The number of hydrogen-bond acceptors (Lipinski definition) is 0. The molecule has 0 saturated heterocycles. The van der Waals surface area contributed by atoms with Crippen LogP contribution < -0.4 is 0 Å². The van der Waals surface area contributed by atoms with Gasteiger partial charge in [0.2, 0.25) is 0 Å². The second-order valence-electron chi connectivity index (χ2n) is 6.96. The fourth-order valence-electron chi connectivity index (χ4n) is 2.57. The molecule has 0 aromatic carbocycles. The van der Waals surface area contributed by atoms with E-state index < -0.39 is 0 Å². The third-order valence-electron chi connectivity index (χ3n) is 3.82. The Morgan fingerprint density at radius 1 is 0.267 bits per heavy atom. The lowest BCUT2D eigenvalue weighted by Crippen LogP contribution is -1.69. The van der Waals surface area contributed by atoms with E-state index in [1.54, 1.807) is 0 Å². The smallest absolute Gasteiger partial charge is 0.0000358 e. The van der Waals surface area contributed by atoms with E-state index in [2.05, 4.69) is 205 Å². The quantitative estimate of drug-likeness (QED) is 0.101. The molecule has 45 heteroatoms. The molecule has 0 saturated carbocycles. The highest BCUT2D eigenvalue weighted by molar-refractivity contribution is 9.50. The van der Waals surface area contributed by atoms with Crippen LogP contribution in [0.1, 0.15) is 0 Å². The first-order valence-electron chi connectivity index (χ1n) is 10.1. The van der Waals surface area contributed by atoms with Gasteiger partial charge >= 0.3 is 0 Å². The first kappa shape index (κ1) is 64.3. The van der Waals surface area contributed by atoms with E-state index in [9.17, 15) is 0 Å². The fraction of sp³-hybridized carbons (Fsp3) is 0. The van der Waals surface area contributed by atoms with Gasteiger partial charge in [0.25, 0.3) is 0 Å². The summed E-state index contributed by atoms with van der Waals surface area (Å²) in [4.78, 5) is 0.